The topological polar surface area (TPSA) is 29.9 Å². The summed E-state index contributed by atoms with van der Waals surface area (Å²) in [5.74, 6) is 1.19. The summed E-state index contributed by atoms with van der Waals surface area (Å²) in [5.41, 5.74) is 2.49. The molecule has 0 unspecified atom stereocenters. The molecule has 11 heavy (non-hydrogen) atoms. The fourth-order valence-corrected chi connectivity index (χ4v) is 1.55. The van der Waals surface area contributed by atoms with Crippen molar-refractivity contribution in [1.29, 1.82) is 0 Å². The van der Waals surface area contributed by atoms with Crippen LogP contribution in [0.25, 0.3) is 0 Å². The smallest absolute Gasteiger partial charge is 0.123 e. The second kappa shape index (κ2) is 2.34. The van der Waals surface area contributed by atoms with Gasteiger partial charge in [0.1, 0.15) is 5.82 Å². The first-order chi connectivity index (χ1) is 5.29. The predicted octanol–water partition coefficient (Wildman–Crippen LogP) is 0.603. The average molecular weight is 151 g/mol. The van der Waals surface area contributed by atoms with Crippen molar-refractivity contribution in [3.8, 4) is 0 Å². The minimum Gasteiger partial charge on any atom is -0.330 e. The normalized spacial score (nSPS) is 16.5. The predicted molar refractivity (Wildman–Crippen MR) is 43.4 cm³/mol. The van der Waals surface area contributed by atoms with Crippen LogP contribution < -0.4 is 5.32 Å². The van der Waals surface area contributed by atoms with E-state index in [2.05, 4.69) is 28.7 Å². The van der Waals surface area contributed by atoms with Crippen molar-refractivity contribution in [2.75, 3.05) is 6.54 Å². The van der Waals surface area contributed by atoms with Gasteiger partial charge in [-0.25, -0.2) is 4.98 Å². The zero-order chi connectivity index (χ0) is 7.84. The second-order valence-electron chi connectivity index (χ2n) is 3.03. The van der Waals surface area contributed by atoms with Crippen LogP contribution >= 0.6 is 0 Å². The van der Waals surface area contributed by atoms with E-state index in [0.717, 1.165) is 19.6 Å². The lowest BCUT2D eigenvalue weighted by Gasteiger charge is -2.15. The molecule has 0 radical (unpaired) electrons. The highest BCUT2D eigenvalue weighted by atomic mass is 15.2. The Bertz CT molecular complexity index is 275. The highest BCUT2D eigenvalue weighted by Crippen LogP contribution is 2.11. The molecule has 0 fully saturated rings. The van der Waals surface area contributed by atoms with Crippen LogP contribution in [0.2, 0.25) is 0 Å². The standard InChI is InChI=1S/C8H13N3/c1-6-7(2)11-4-3-9-5-8(11)10-6/h9H,3-5H2,1-2H3. The number of nitrogens with zero attached hydrogens (tertiary/aromatic N) is 2. The van der Waals surface area contributed by atoms with Crippen LogP contribution in [0.4, 0.5) is 0 Å². The molecule has 3 nitrogen and oxygen atoms in total. The lowest BCUT2D eigenvalue weighted by Crippen LogP contribution is -2.28. The molecule has 2 heterocycles. The van der Waals surface area contributed by atoms with Gasteiger partial charge < -0.3 is 9.88 Å². The zero-order valence-electron chi connectivity index (χ0n) is 7.02. The second-order valence-corrected chi connectivity index (χ2v) is 3.03. The Morgan fingerprint density at radius 1 is 1.45 bits per heavy atom. The Hall–Kier alpha value is -0.830. The molecule has 1 N–H and O–H groups in total. The van der Waals surface area contributed by atoms with Gasteiger partial charge in [0.2, 0.25) is 0 Å². The molecule has 1 aliphatic rings. The number of rotatable bonds is 0. The van der Waals surface area contributed by atoms with Gasteiger partial charge in [-0.15, -0.1) is 0 Å². The van der Waals surface area contributed by atoms with Gasteiger partial charge in [0, 0.05) is 18.8 Å². The number of imidazole rings is 1. The van der Waals surface area contributed by atoms with Crippen molar-refractivity contribution in [2.24, 2.45) is 0 Å². The summed E-state index contributed by atoms with van der Waals surface area (Å²) in [7, 11) is 0. The van der Waals surface area contributed by atoms with E-state index >= 15 is 0 Å². The molecule has 1 aromatic rings. The van der Waals surface area contributed by atoms with Crippen molar-refractivity contribution < 1.29 is 0 Å². The first-order valence-corrected chi connectivity index (χ1v) is 4.02. The van der Waals surface area contributed by atoms with Crippen molar-refractivity contribution in [3.63, 3.8) is 0 Å². The number of nitrogens with one attached hydrogen (secondary N) is 1. The van der Waals surface area contributed by atoms with Gasteiger partial charge >= 0.3 is 0 Å². The van der Waals surface area contributed by atoms with Crippen LogP contribution in [-0.2, 0) is 13.1 Å². The number of fused-ring (bicyclic) bond motifs is 1. The Morgan fingerprint density at radius 2 is 2.27 bits per heavy atom. The summed E-state index contributed by atoms with van der Waals surface area (Å²) < 4.78 is 2.30. The molecule has 0 spiro atoms. The van der Waals surface area contributed by atoms with Gasteiger partial charge in [-0.1, -0.05) is 0 Å². The molecule has 0 bridgehead atoms. The SMILES string of the molecule is Cc1nc2n(c1C)CCNC2. The molecule has 0 saturated carbocycles. The van der Waals surface area contributed by atoms with E-state index in [1.807, 2.05) is 0 Å². The first kappa shape index (κ1) is 6.85. The van der Waals surface area contributed by atoms with Gasteiger partial charge in [0.15, 0.2) is 0 Å². The van der Waals surface area contributed by atoms with Crippen LogP contribution in [0.3, 0.4) is 0 Å². The number of hydrogen-bond donors (Lipinski definition) is 1. The third-order valence-corrected chi connectivity index (χ3v) is 2.33. The molecule has 60 valence electrons. The van der Waals surface area contributed by atoms with Crippen LogP contribution in [0, 0.1) is 13.8 Å². The van der Waals surface area contributed by atoms with E-state index in [4.69, 9.17) is 0 Å². The lowest BCUT2D eigenvalue weighted by molar-refractivity contribution is 0.499. The quantitative estimate of drug-likeness (QED) is 0.588. The fourth-order valence-electron chi connectivity index (χ4n) is 1.55. The molecule has 0 saturated heterocycles. The maximum absolute atomic E-state index is 4.45. The van der Waals surface area contributed by atoms with E-state index < -0.39 is 0 Å². The molecule has 0 aromatic carbocycles. The van der Waals surface area contributed by atoms with Crippen LogP contribution in [0.15, 0.2) is 0 Å². The molecule has 1 aromatic heterocycles. The molecule has 0 aliphatic carbocycles. The Kier molecular flexibility index (Phi) is 1.46. The largest absolute Gasteiger partial charge is 0.330 e. The van der Waals surface area contributed by atoms with Gasteiger partial charge in [-0.3, -0.25) is 0 Å². The molecule has 0 amide bonds. The van der Waals surface area contributed by atoms with Crippen molar-refractivity contribution in [2.45, 2.75) is 26.9 Å². The van der Waals surface area contributed by atoms with Gasteiger partial charge in [-0.05, 0) is 13.8 Å². The van der Waals surface area contributed by atoms with E-state index in [1.165, 1.54) is 17.2 Å². The van der Waals surface area contributed by atoms with E-state index in [-0.39, 0.29) is 0 Å². The van der Waals surface area contributed by atoms with E-state index in [1.54, 1.807) is 0 Å². The van der Waals surface area contributed by atoms with E-state index in [0.29, 0.717) is 0 Å². The molecular weight excluding hydrogens is 138 g/mol. The lowest BCUT2D eigenvalue weighted by atomic mass is 10.3. The number of aromatic nitrogens is 2. The van der Waals surface area contributed by atoms with Gasteiger partial charge in [0.25, 0.3) is 0 Å². The molecule has 2 rings (SSSR count). The van der Waals surface area contributed by atoms with Crippen LogP contribution in [0.1, 0.15) is 17.2 Å². The summed E-state index contributed by atoms with van der Waals surface area (Å²) >= 11 is 0. The Balaban J connectivity index is 2.50. The first-order valence-electron chi connectivity index (χ1n) is 4.02. The molecular formula is C8H13N3. The van der Waals surface area contributed by atoms with Crippen molar-refractivity contribution >= 4 is 0 Å². The minimum absolute atomic E-state index is 0.925. The highest BCUT2D eigenvalue weighted by Gasteiger charge is 2.13. The fraction of sp³-hybridized carbons (Fsp3) is 0.625. The average Bonchev–Trinajstić information content (AvgIpc) is 2.30. The van der Waals surface area contributed by atoms with Crippen LogP contribution in [-0.4, -0.2) is 16.1 Å². The molecule has 0 atom stereocenters. The highest BCUT2D eigenvalue weighted by molar-refractivity contribution is 5.15. The van der Waals surface area contributed by atoms with Crippen LogP contribution in [0.5, 0.6) is 0 Å². The Morgan fingerprint density at radius 3 is 3.00 bits per heavy atom. The van der Waals surface area contributed by atoms with Gasteiger partial charge in [-0.2, -0.15) is 0 Å². The summed E-state index contributed by atoms with van der Waals surface area (Å²) in [4.78, 5) is 4.45. The monoisotopic (exact) mass is 151 g/mol. The summed E-state index contributed by atoms with van der Waals surface area (Å²) in [6, 6.07) is 0. The summed E-state index contributed by atoms with van der Waals surface area (Å²) in [6.07, 6.45) is 0. The molecule has 1 aliphatic heterocycles. The molecule has 3 heteroatoms. The third kappa shape index (κ3) is 0.959. The maximum atomic E-state index is 4.45. The van der Waals surface area contributed by atoms with Gasteiger partial charge in [0.05, 0.1) is 12.2 Å². The number of hydrogen-bond acceptors (Lipinski definition) is 2. The summed E-state index contributed by atoms with van der Waals surface area (Å²) in [5, 5.41) is 3.30. The summed E-state index contributed by atoms with van der Waals surface area (Å²) in [6.45, 7) is 7.28. The maximum Gasteiger partial charge on any atom is 0.123 e. The third-order valence-electron chi connectivity index (χ3n) is 2.33. The number of aryl methyl sites for hydroxylation is 1. The Labute approximate surface area is 66.4 Å². The van der Waals surface area contributed by atoms with Crippen molar-refractivity contribution in [1.82, 2.24) is 14.9 Å². The van der Waals surface area contributed by atoms with E-state index in [9.17, 15) is 0 Å². The zero-order valence-corrected chi connectivity index (χ0v) is 7.02. The minimum atomic E-state index is 0.925. The van der Waals surface area contributed by atoms with Crippen molar-refractivity contribution in [3.05, 3.63) is 17.2 Å².